The lowest BCUT2D eigenvalue weighted by Gasteiger charge is -1.87. The lowest BCUT2D eigenvalue weighted by molar-refractivity contribution is -0.500. The van der Waals surface area contributed by atoms with Crippen LogP contribution in [0.15, 0.2) is 0 Å². The molecule has 1 aliphatic carbocycles. The van der Waals surface area contributed by atoms with E-state index in [4.69, 9.17) is 0 Å². The molecule has 0 radical (unpaired) electrons. The van der Waals surface area contributed by atoms with Gasteiger partial charge < -0.3 is 4.79 Å². The van der Waals surface area contributed by atoms with Crippen LogP contribution < -0.4 is 0 Å². The van der Waals surface area contributed by atoms with E-state index < -0.39 is 6.04 Å². The summed E-state index contributed by atoms with van der Waals surface area (Å²) in [6.45, 7) is 1.97. The maximum atomic E-state index is 10.3. The molecule has 4 heteroatoms. The van der Waals surface area contributed by atoms with Gasteiger partial charge in [0.25, 0.3) is 0 Å². The second-order valence-corrected chi connectivity index (χ2v) is 2.94. The third-order valence-electron chi connectivity index (χ3n) is 2.21. The van der Waals surface area contributed by atoms with Crippen LogP contribution in [0.3, 0.4) is 0 Å². The number of carbonyl (C=O) groups is 1. The van der Waals surface area contributed by atoms with E-state index in [9.17, 15) is 14.9 Å². The first kappa shape index (κ1) is 8.17. The summed E-state index contributed by atoms with van der Waals surface area (Å²) in [6.07, 6.45) is 2.43. The molecule has 11 heavy (non-hydrogen) atoms. The number of nitro groups is 1. The SMILES string of the molecule is CCC[C@@H]1C(C=O)[C@H]1[N+](=O)[O-]. The van der Waals surface area contributed by atoms with Gasteiger partial charge in [-0.3, -0.25) is 10.1 Å². The Labute approximate surface area is 64.7 Å². The van der Waals surface area contributed by atoms with Crippen molar-refractivity contribution in [2.24, 2.45) is 11.8 Å². The summed E-state index contributed by atoms with van der Waals surface area (Å²) < 4.78 is 0. The third kappa shape index (κ3) is 1.39. The Balaban J connectivity index is 2.45. The van der Waals surface area contributed by atoms with Gasteiger partial charge >= 0.3 is 0 Å². The number of hydrogen-bond donors (Lipinski definition) is 0. The van der Waals surface area contributed by atoms with Crippen molar-refractivity contribution in [3.63, 3.8) is 0 Å². The molecule has 0 aliphatic heterocycles. The Morgan fingerprint density at radius 3 is 2.55 bits per heavy atom. The van der Waals surface area contributed by atoms with Crippen LogP contribution in [0.5, 0.6) is 0 Å². The first-order chi connectivity index (χ1) is 5.22. The van der Waals surface area contributed by atoms with Crippen molar-refractivity contribution in [2.75, 3.05) is 0 Å². The molecule has 3 atom stereocenters. The van der Waals surface area contributed by atoms with E-state index in [1.807, 2.05) is 6.92 Å². The van der Waals surface area contributed by atoms with E-state index >= 15 is 0 Å². The quantitative estimate of drug-likeness (QED) is 0.345. The largest absolute Gasteiger partial charge is 0.303 e. The minimum Gasteiger partial charge on any atom is -0.303 e. The molecule has 1 aliphatic rings. The van der Waals surface area contributed by atoms with Gasteiger partial charge in [0.2, 0.25) is 6.04 Å². The van der Waals surface area contributed by atoms with Crippen molar-refractivity contribution in [3.05, 3.63) is 10.1 Å². The Morgan fingerprint density at radius 2 is 2.27 bits per heavy atom. The molecule has 0 bridgehead atoms. The minimum atomic E-state index is -0.576. The molecule has 4 nitrogen and oxygen atoms in total. The number of hydrogen-bond acceptors (Lipinski definition) is 3. The summed E-state index contributed by atoms with van der Waals surface area (Å²) in [5.74, 6) is -0.280. The molecule has 0 aromatic carbocycles. The zero-order valence-corrected chi connectivity index (χ0v) is 6.40. The standard InChI is InChI=1S/C7H11NO3/c1-2-3-5-6(4-9)7(5)8(10)11/h4-7H,2-3H2,1H3/t5-,6?,7+/m1/s1. The van der Waals surface area contributed by atoms with Crippen LogP contribution in [0.4, 0.5) is 0 Å². The molecular weight excluding hydrogens is 146 g/mol. The minimum absolute atomic E-state index is 0.0208. The fraction of sp³-hybridized carbons (Fsp3) is 0.857. The number of rotatable bonds is 4. The molecule has 1 unspecified atom stereocenters. The van der Waals surface area contributed by atoms with Crippen molar-refractivity contribution < 1.29 is 9.72 Å². The molecule has 0 amide bonds. The maximum Gasteiger partial charge on any atom is 0.226 e. The van der Waals surface area contributed by atoms with Crippen LogP contribution >= 0.6 is 0 Å². The molecule has 1 saturated carbocycles. The van der Waals surface area contributed by atoms with Crippen molar-refractivity contribution in [1.29, 1.82) is 0 Å². The van der Waals surface area contributed by atoms with Crippen LogP contribution in [-0.2, 0) is 4.79 Å². The topological polar surface area (TPSA) is 60.2 Å². The summed E-state index contributed by atoms with van der Waals surface area (Å²) in [5, 5.41) is 10.3. The normalized spacial score (nSPS) is 34.8. The highest BCUT2D eigenvalue weighted by Gasteiger charge is 2.59. The Bertz CT molecular complexity index is 181. The van der Waals surface area contributed by atoms with Crippen LogP contribution in [0.25, 0.3) is 0 Å². The lowest BCUT2D eigenvalue weighted by atomic mass is 10.2. The smallest absolute Gasteiger partial charge is 0.226 e. The predicted octanol–water partition coefficient (Wildman–Crippen LogP) is 0.877. The molecule has 0 N–H and O–H groups in total. The molecule has 0 heterocycles. The van der Waals surface area contributed by atoms with E-state index in [1.165, 1.54) is 0 Å². The molecule has 1 fully saturated rings. The van der Waals surface area contributed by atoms with Crippen molar-refractivity contribution >= 4 is 6.29 Å². The van der Waals surface area contributed by atoms with E-state index in [-0.39, 0.29) is 16.8 Å². The Kier molecular flexibility index (Phi) is 2.22. The fourth-order valence-corrected chi connectivity index (χ4v) is 1.56. The van der Waals surface area contributed by atoms with Gasteiger partial charge in [-0.1, -0.05) is 13.3 Å². The average molecular weight is 157 g/mol. The fourth-order valence-electron chi connectivity index (χ4n) is 1.56. The van der Waals surface area contributed by atoms with Crippen molar-refractivity contribution in [1.82, 2.24) is 0 Å². The van der Waals surface area contributed by atoms with Crippen LogP contribution in [0.2, 0.25) is 0 Å². The zero-order chi connectivity index (χ0) is 8.43. The first-order valence-electron chi connectivity index (χ1n) is 3.81. The first-order valence-corrected chi connectivity index (χ1v) is 3.81. The molecule has 62 valence electrons. The maximum absolute atomic E-state index is 10.3. The third-order valence-corrected chi connectivity index (χ3v) is 2.21. The van der Waals surface area contributed by atoms with Gasteiger partial charge in [0.1, 0.15) is 6.29 Å². The lowest BCUT2D eigenvalue weighted by Crippen LogP contribution is -2.05. The highest BCUT2D eigenvalue weighted by molar-refractivity contribution is 5.60. The van der Waals surface area contributed by atoms with E-state index in [0.29, 0.717) is 6.29 Å². The van der Waals surface area contributed by atoms with Gasteiger partial charge in [0.05, 0.1) is 5.92 Å². The second-order valence-electron chi connectivity index (χ2n) is 2.94. The number of aldehydes is 1. The zero-order valence-electron chi connectivity index (χ0n) is 6.40. The van der Waals surface area contributed by atoms with Gasteiger partial charge in [-0.25, -0.2) is 0 Å². The summed E-state index contributed by atoms with van der Waals surface area (Å²) >= 11 is 0. The van der Waals surface area contributed by atoms with Gasteiger partial charge in [-0.05, 0) is 6.42 Å². The average Bonchev–Trinajstić information content (AvgIpc) is 2.63. The summed E-state index contributed by atoms with van der Waals surface area (Å²) in [7, 11) is 0. The number of carbonyl (C=O) groups excluding carboxylic acids is 1. The van der Waals surface area contributed by atoms with Crippen molar-refractivity contribution in [3.8, 4) is 0 Å². The Hall–Kier alpha value is -0.930. The van der Waals surface area contributed by atoms with Crippen LogP contribution in [0, 0.1) is 22.0 Å². The predicted molar refractivity (Wildman–Crippen MR) is 38.7 cm³/mol. The summed E-state index contributed by atoms with van der Waals surface area (Å²) in [6, 6.07) is -0.576. The van der Waals surface area contributed by atoms with Gasteiger partial charge in [-0.2, -0.15) is 0 Å². The number of nitrogens with zero attached hydrogens (tertiary/aromatic N) is 1. The van der Waals surface area contributed by atoms with Gasteiger partial charge in [0.15, 0.2) is 0 Å². The van der Waals surface area contributed by atoms with Crippen molar-refractivity contribution in [2.45, 2.75) is 25.8 Å². The molecular formula is C7H11NO3. The molecule has 1 rings (SSSR count). The molecule has 0 aromatic rings. The second kappa shape index (κ2) is 2.98. The van der Waals surface area contributed by atoms with Gasteiger partial charge in [-0.15, -0.1) is 0 Å². The molecule has 0 saturated heterocycles. The van der Waals surface area contributed by atoms with Gasteiger partial charge in [0, 0.05) is 10.8 Å². The summed E-state index contributed by atoms with van der Waals surface area (Å²) in [4.78, 5) is 20.2. The monoisotopic (exact) mass is 157 g/mol. The molecule has 0 aromatic heterocycles. The Morgan fingerprint density at radius 1 is 1.64 bits per heavy atom. The van der Waals surface area contributed by atoms with E-state index in [2.05, 4.69) is 0 Å². The highest BCUT2D eigenvalue weighted by Crippen LogP contribution is 2.42. The van der Waals surface area contributed by atoms with E-state index in [0.717, 1.165) is 12.8 Å². The van der Waals surface area contributed by atoms with Crippen LogP contribution in [0.1, 0.15) is 19.8 Å². The molecule has 0 spiro atoms. The highest BCUT2D eigenvalue weighted by atomic mass is 16.6. The summed E-state index contributed by atoms with van der Waals surface area (Å²) in [5.41, 5.74) is 0. The van der Waals surface area contributed by atoms with Crippen LogP contribution in [-0.4, -0.2) is 17.3 Å². The van der Waals surface area contributed by atoms with E-state index in [1.54, 1.807) is 0 Å².